The summed E-state index contributed by atoms with van der Waals surface area (Å²) in [4.78, 5) is 13.7. The van der Waals surface area contributed by atoms with Crippen molar-refractivity contribution in [3.8, 4) is 17.1 Å². The number of benzene rings is 2. The third kappa shape index (κ3) is 2.33. The van der Waals surface area contributed by atoms with Crippen LogP contribution in [0.5, 0.6) is 0 Å². The Balaban J connectivity index is 1.50. The molecule has 0 unspecified atom stereocenters. The first-order valence-corrected chi connectivity index (χ1v) is 10.6. The van der Waals surface area contributed by atoms with E-state index in [1.54, 1.807) is 18.6 Å². The molecule has 4 aromatic rings. The third-order valence-electron chi connectivity index (χ3n) is 7.09. The van der Waals surface area contributed by atoms with Crippen molar-refractivity contribution < 1.29 is 8.81 Å². The molecule has 2 fully saturated rings. The van der Waals surface area contributed by atoms with Crippen molar-refractivity contribution >= 4 is 5.71 Å². The van der Waals surface area contributed by atoms with Gasteiger partial charge in [0.2, 0.25) is 0 Å². The van der Waals surface area contributed by atoms with E-state index in [1.165, 1.54) is 30.9 Å². The summed E-state index contributed by atoms with van der Waals surface area (Å²) in [6.07, 6.45) is 7.39. The zero-order valence-electron chi connectivity index (χ0n) is 16.9. The van der Waals surface area contributed by atoms with E-state index >= 15 is 0 Å². The van der Waals surface area contributed by atoms with Crippen LogP contribution in [-0.2, 0) is 5.41 Å². The molecule has 0 amide bonds. The Hall–Kier alpha value is -3.54. The number of nitrogens with zero attached hydrogens (tertiary/aromatic N) is 4. The zero-order chi connectivity index (χ0) is 20.7. The van der Waals surface area contributed by atoms with E-state index in [0.717, 1.165) is 22.9 Å². The van der Waals surface area contributed by atoms with Crippen molar-refractivity contribution in [1.29, 1.82) is 0 Å². The first kappa shape index (κ1) is 17.2. The van der Waals surface area contributed by atoms with E-state index in [9.17, 15) is 4.39 Å². The van der Waals surface area contributed by atoms with E-state index in [-0.39, 0.29) is 11.9 Å². The fourth-order valence-corrected chi connectivity index (χ4v) is 5.08. The van der Waals surface area contributed by atoms with Gasteiger partial charge in [0, 0.05) is 11.1 Å². The van der Waals surface area contributed by atoms with Crippen LogP contribution in [0.1, 0.15) is 48.2 Å². The number of imidazole rings is 1. The molecule has 5 nitrogen and oxygen atoms in total. The maximum atomic E-state index is 14.9. The van der Waals surface area contributed by atoms with Gasteiger partial charge in [-0.15, -0.1) is 0 Å². The molecule has 3 heterocycles. The number of hydrogen-bond acceptors (Lipinski definition) is 4. The third-order valence-corrected chi connectivity index (χ3v) is 7.09. The van der Waals surface area contributed by atoms with Crippen molar-refractivity contribution in [2.45, 2.75) is 31.2 Å². The van der Waals surface area contributed by atoms with Gasteiger partial charge in [-0.25, -0.2) is 14.4 Å². The van der Waals surface area contributed by atoms with Crippen molar-refractivity contribution in [1.82, 2.24) is 14.5 Å². The fourth-order valence-electron chi connectivity index (χ4n) is 5.08. The monoisotopic (exact) mass is 410 g/mol. The van der Waals surface area contributed by atoms with Crippen molar-refractivity contribution in [3.05, 3.63) is 89.6 Å². The number of hydrogen-bond donors (Lipinski definition) is 0. The van der Waals surface area contributed by atoms with Crippen LogP contribution in [0, 0.1) is 11.7 Å². The standard InChI is InChI=1S/C25H19FN4O/c1-14-24-23(21-11-27-13-31-21)28-12-30(24)20-7-6-15(25-9-16(25)10-25)8-18(20)22(29-14)17-4-2-3-5-19(17)26/h2-8,11-14,16H,9-10H2,1H3/t14-,16-,25+/m0/s1. The summed E-state index contributed by atoms with van der Waals surface area (Å²) in [5.41, 5.74) is 6.42. The fraction of sp³-hybridized carbons (Fsp3) is 0.240. The lowest BCUT2D eigenvalue weighted by atomic mass is 9.94. The number of halogens is 1. The molecule has 1 atom stereocenters. The molecule has 2 aromatic carbocycles. The second kappa shape index (κ2) is 5.78. The summed E-state index contributed by atoms with van der Waals surface area (Å²) in [6.45, 7) is 2.01. The average Bonchev–Trinajstić information content (AvgIpc) is 3.48. The van der Waals surface area contributed by atoms with Crippen LogP contribution < -0.4 is 0 Å². The van der Waals surface area contributed by atoms with Crippen LogP contribution in [0.25, 0.3) is 17.1 Å². The molecule has 0 saturated heterocycles. The molecule has 2 saturated carbocycles. The van der Waals surface area contributed by atoms with Crippen molar-refractivity contribution in [2.24, 2.45) is 10.9 Å². The molecule has 3 aliphatic rings. The first-order chi connectivity index (χ1) is 15.2. The minimum Gasteiger partial charge on any atom is -0.442 e. The molecule has 31 heavy (non-hydrogen) atoms. The Morgan fingerprint density at radius 1 is 1.13 bits per heavy atom. The molecule has 152 valence electrons. The molecule has 2 aromatic heterocycles. The van der Waals surface area contributed by atoms with Crippen LogP contribution in [0.2, 0.25) is 0 Å². The van der Waals surface area contributed by atoms with Crippen LogP contribution in [0.4, 0.5) is 4.39 Å². The molecule has 0 bridgehead atoms. The molecule has 1 aliphatic heterocycles. The molecule has 6 heteroatoms. The Labute approximate surface area is 178 Å². The van der Waals surface area contributed by atoms with Gasteiger partial charge in [-0.3, -0.25) is 9.56 Å². The number of aromatic nitrogens is 3. The lowest BCUT2D eigenvalue weighted by Crippen LogP contribution is -2.10. The summed E-state index contributed by atoms with van der Waals surface area (Å²) in [6, 6.07) is 13.2. The van der Waals surface area contributed by atoms with Crippen LogP contribution in [-0.4, -0.2) is 20.2 Å². The Kier molecular flexibility index (Phi) is 3.20. The summed E-state index contributed by atoms with van der Waals surface area (Å²) in [7, 11) is 0. The second-order valence-electron chi connectivity index (χ2n) is 8.84. The maximum absolute atomic E-state index is 14.9. The van der Waals surface area contributed by atoms with E-state index < -0.39 is 0 Å². The van der Waals surface area contributed by atoms with Crippen molar-refractivity contribution in [2.75, 3.05) is 0 Å². The zero-order valence-corrected chi connectivity index (χ0v) is 16.9. The van der Waals surface area contributed by atoms with Gasteiger partial charge >= 0.3 is 0 Å². The van der Waals surface area contributed by atoms with Crippen LogP contribution in [0.15, 0.2) is 70.8 Å². The highest BCUT2D eigenvalue weighted by Crippen LogP contribution is 2.75. The minimum absolute atomic E-state index is 0.249. The largest absolute Gasteiger partial charge is 0.442 e. The quantitative estimate of drug-likeness (QED) is 0.464. The van der Waals surface area contributed by atoms with E-state index in [4.69, 9.17) is 9.41 Å². The molecule has 0 radical (unpaired) electrons. The number of fused-ring (bicyclic) bond motifs is 4. The lowest BCUT2D eigenvalue weighted by molar-refractivity contribution is 0.568. The number of oxazole rings is 1. The highest BCUT2D eigenvalue weighted by Gasteiger charge is 2.70. The van der Waals surface area contributed by atoms with Gasteiger partial charge in [0.1, 0.15) is 17.8 Å². The SMILES string of the molecule is C[C@@H]1N=C(c2ccccc2F)c2cc([C@]34C[C@H]3C4)ccc2-n2cnc(-c3cnco3)c21. The van der Waals surface area contributed by atoms with Gasteiger partial charge in [0.05, 0.1) is 29.3 Å². The predicted molar refractivity (Wildman–Crippen MR) is 114 cm³/mol. The first-order valence-electron chi connectivity index (χ1n) is 10.6. The molecule has 2 aliphatic carbocycles. The Morgan fingerprint density at radius 3 is 2.71 bits per heavy atom. The molecule has 0 spiro atoms. The predicted octanol–water partition coefficient (Wildman–Crippen LogP) is 5.24. The number of rotatable bonds is 3. The smallest absolute Gasteiger partial charge is 0.181 e. The summed E-state index contributed by atoms with van der Waals surface area (Å²) in [5.74, 6) is 1.16. The van der Waals surface area contributed by atoms with Gasteiger partial charge in [0.25, 0.3) is 0 Å². The Bertz CT molecular complexity index is 1380. The normalized spacial score (nSPS) is 25.2. The molecular weight excluding hydrogens is 391 g/mol. The highest BCUT2D eigenvalue weighted by atomic mass is 19.1. The van der Waals surface area contributed by atoms with Crippen molar-refractivity contribution in [3.63, 3.8) is 0 Å². The highest BCUT2D eigenvalue weighted by molar-refractivity contribution is 6.15. The van der Waals surface area contributed by atoms with Gasteiger partial charge in [-0.1, -0.05) is 18.2 Å². The molecule has 0 N–H and O–H groups in total. The molecule has 7 rings (SSSR count). The van der Waals surface area contributed by atoms with Crippen LogP contribution in [0.3, 0.4) is 0 Å². The summed E-state index contributed by atoms with van der Waals surface area (Å²) in [5, 5.41) is 0. The Morgan fingerprint density at radius 2 is 1.97 bits per heavy atom. The second-order valence-corrected chi connectivity index (χ2v) is 8.84. The van der Waals surface area contributed by atoms with E-state index in [1.807, 2.05) is 19.1 Å². The van der Waals surface area contributed by atoms with Crippen LogP contribution >= 0.6 is 0 Å². The summed E-state index contributed by atoms with van der Waals surface area (Å²) >= 11 is 0. The molecular formula is C25H19FN4O. The minimum atomic E-state index is -0.265. The average molecular weight is 410 g/mol. The maximum Gasteiger partial charge on any atom is 0.181 e. The van der Waals surface area contributed by atoms with Gasteiger partial charge in [-0.2, -0.15) is 0 Å². The number of aliphatic imine (C=N–C) groups is 1. The van der Waals surface area contributed by atoms with Gasteiger partial charge in [-0.05, 0) is 60.9 Å². The lowest BCUT2D eigenvalue weighted by Gasteiger charge is -2.15. The topological polar surface area (TPSA) is 56.2 Å². The van der Waals surface area contributed by atoms with Gasteiger partial charge in [0.15, 0.2) is 12.2 Å². The van der Waals surface area contributed by atoms with Gasteiger partial charge < -0.3 is 4.42 Å². The summed E-state index contributed by atoms with van der Waals surface area (Å²) < 4.78 is 22.5. The van der Waals surface area contributed by atoms with E-state index in [2.05, 4.69) is 32.7 Å². The van der Waals surface area contributed by atoms with E-state index in [0.29, 0.717) is 28.1 Å².